The standard InChI is InChI=1S/C21H19N3OS/c1-14-19(26-21(24-14)15-7-3-2-4-8-15)13-23-20(25)11-16-12-22-18-10-6-5-9-17(16)18/h2-10,12,22H,11,13H2,1H3,(H,23,25). The number of aromatic amines is 1. The van der Waals surface area contributed by atoms with Crippen LogP contribution in [0.2, 0.25) is 0 Å². The van der Waals surface area contributed by atoms with Crippen LogP contribution in [0, 0.1) is 6.92 Å². The largest absolute Gasteiger partial charge is 0.361 e. The van der Waals surface area contributed by atoms with E-state index in [1.54, 1.807) is 11.3 Å². The summed E-state index contributed by atoms with van der Waals surface area (Å²) in [5, 5.41) is 5.11. The number of amides is 1. The first-order valence-corrected chi connectivity index (χ1v) is 9.36. The third-order valence-corrected chi connectivity index (χ3v) is 5.59. The molecule has 0 saturated heterocycles. The van der Waals surface area contributed by atoms with Gasteiger partial charge in [-0.25, -0.2) is 4.98 Å². The summed E-state index contributed by atoms with van der Waals surface area (Å²) in [6.07, 6.45) is 2.28. The van der Waals surface area contributed by atoms with E-state index < -0.39 is 0 Å². The van der Waals surface area contributed by atoms with E-state index in [0.717, 1.165) is 37.6 Å². The molecule has 0 saturated carbocycles. The molecule has 1 amide bonds. The second-order valence-corrected chi connectivity index (χ2v) is 7.29. The van der Waals surface area contributed by atoms with Crippen LogP contribution in [0.3, 0.4) is 0 Å². The first-order chi connectivity index (χ1) is 12.7. The van der Waals surface area contributed by atoms with Crippen molar-refractivity contribution in [2.45, 2.75) is 19.9 Å². The van der Waals surface area contributed by atoms with Crippen molar-refractivity contribution >= 4 is 28.1 Å². The molecule has 0 unspecified atom stereocenters. The molecule has 130 valence electrons. The van der Waals surface area contributed by atoms with Gasteiger partial charge in [0.15, 0.2) is 0 Å². The Morgan fingerprint density at radius 1 is 1.12 bits per heavy atom. The Hall–Kier alpha value is -2.92. The normalized spacial score (nSPS) is 11.0. The van der Waals surface area contributed by atoms with Gasteiger partial charge in [-0.15, -0.1) is 11.3 Å². The van der Waals surface area contributed by atoms with Gasteiger partial charge in [-0.3, -0.25) is 4.79 Å². The van der Waals surface area contributed by atoms with Crippen molar-refractivity contribution in [3.63, 3.8) is 0 Å². The lowest BCUT2D eigenvalue weighted by Gasteiger charge is -2.03. The minimum absolute atomic E-state index is 0.0174. The Morgan fingerprint density at radius 2 is 1.88 bits per heavy atom. The fourth-order valence-electron chi connectivity index (χ4n) is 2.99. The molecular weight excluding hydrogens is 342 g/mol. The fraction of sp³-hybridized carbons (Fsp3) is 0.143. The van der Waals surface area contributed by atoms with Crippen LogP contribution in [0.5, 0.6) is 0 Å². The summed E-state index contributed by atoms with van der Waals surface area (Å²) in [5.41, 5.74) is 4.16. The number of fused-ring (bicyclic) bond motifs is 1. The minimum Gasteiger partial charge on any atom is -0.361 e. The number of carbonyl (C=O) groups is 1. The lowest BCUT2D eigenvalue weighted by molar-refractivity contribution is -0.120. The number of hydrogen-bond acceptors (Lipinski definition) is 3. The van der Waals surface area contributed by atoms with Gasteiger partial charge >= 0.3 is 0 Å². The summed E-state index contributed by atoms with van der Waals surface area (Å²) in [5.74, 6) is 0.0174. The fourth-order valence-corrected chi connectivity index (χ4v) is 4.00. The zero-order valence-electron chi connectivity index (χ0n) is 14.5. The Bertz CT molecular complexity index is 1050. The number of rotatable bonds is 5. The maximum absolute atomic E-state index is 12.4. The quantitative estimate of drug-likeness (QED) is 0.551. The second kappa shape index (κ2) is 7.14. The topological polar surface area (TPSA) is 57.8 Å². The molecule has 4 nitrogen and oxygen atoms in total. The third kappa shape index (κ3) is 3.39. The van der Waals surface area contributed by atoms with Crippen molar-refractivity contribution in [2.75, 3.05) is 0 Å². The van der Waals surface area contributed by atoms with Gasteiger partial charge in [0, 0.05) is 27.5 Å². The average molecular weight is 361 g/mol. The highest BCUT2D eigenvalue weighted by molar-refractivity contribution is 7.15. The molecule has 0 aliphatic carbocycles. The number of H-pyrrole nitrogens is 1. The Balaban J connectivity index is 1.42. The Labute approximate surface area is 155 Å². The molecule has 4 aromatic rings. The van der Waals surface area contributed by atoms with Gasteiger partial charge in [0.25, 0.3) is 0 Å². The Morgan fingerprint density at radius 3 is 2.73 bits per heavy atom. The number of nitrogens with zero attached hydrogens (tertiary/aromatic N) is 1. The Kier molecular flexibility index (Phi) is 4.54. The molecule has 5 heteroatoms. The van der Waals surface area contributed by atoms with E-state index in [0.29, 0.717) is 13.0 Å². The van der Waals surface area contributed by atoms with E-state index in [4.69, 9.17) is 0 Å². The lowest BCUT2D eigenvalue weighted by atomic mass is 10.1. The van der Waals surface area contributed by atoms with Crippen LogP contribution in [-0.4, -0.2) is 15.9 Å². The monoisotopic (exact) mass is 361 g/mol. The molecule has 0 aliphatic heterocycles. The molecule has 26 heavy (non-hydrogen) atoms. The maximum atomic E-state index is 12.4. The van der Waals surface area contributed by atoms with E-state index in [2.05, 4.69) is 27.4 Å². The number of benzene rings is 2. The molecule has 2 aromatic heterocycles. The number of aromatic nitrogens is 2. The number of thiazole rings is 1. The predicted octanol–water partition coefficient (Wildman–Crippen LogP) is 4.46. The van der Waals surface area contributed by atoms with E-state index in [1.165, 1.54) is 0 Å². The van der Waals surface area contributed by atoms with Gasteiger partial charge < -0.3 is 10.3 Å². The first-order valence-electron chi connectivity index (χ1n) is 8.54. The third-order valence-electron chi connectivity index (χ3n) is 4.39. The zero-order chi connectivity index (χ0) is 17.9. The molecule has 2 aromatic carbocycles. The SMILES string of the molecule is Cc1nc(-c2ccccc2)sc1CNC(=O)Cc1c[nH]c2ccccc12. The summed E-state index contributed by atoms with van der Waals surface area (Å²) < 4.78 is 0. The molecule has 0 spiro atoms. The molecule has 2 heterocycles. The van der Waals surface area contributed by atoms with Crippen LogP contribution in [0.25, 0.3) is 21.5 Å². The van der Waals surface area contributed by atoms with E-state index in [-0.39, 0.29) is 5.91 Å². The van der Waals surface area contributed by atoms with Crippen molar-refractivity contribution in [2.24, 2.45) is 0 Å². The molecule has 2 N–H and O–H groups in total. The van der Waals surface area contributed by atoms with Gasteiger partial charge in [0.1, 0.15) is 5.01 Å². The van der Waals surface area contributed by atoms with Crippen LogP contribution in [0.15, 0.2) is 60.8 Å². The van der Waals surface area contributed by atoms with Crippen molar-refractivity contribution in [1.82, 2.24) is 15.3 Å². The van der Waals surface area contributed by atoms with Gasteiger partial charge in [0.2, 0.25) is 5.91 Å². The summed E-state index contributed by atoms with van der Waals surface area (Å²) in [4.78, 5) is 21.3. The minimum atomic E-state index is 0.0174. The summed E-state index contributed by atoms with van der Waals surface area (Å²) in [6, 6.07) is 18.1. The van der Waals surface area contributed by atoms with Crippen LogP contribution < -0.4 is 5.32 Å². The highest BCUT2D eigenvalue weighted by Crippen LogP contribution is 2.27. The number of hydrogen-bond donors (Lipinski definition) is 2. The van der Waals surface area contributed by atoms with E-state index >= 15 is 0 Å². The van der Waals surface area contributed by atoms with E-state index in [9.17, 15) is 4.79 Å². The lowest BCUT2D eigenvalue weighted by Crippen LogP contribution is -2.24. The number of aryl methyl sites for hydroxylation is 1. The molecule has 0 atom stereocenters. The van der Waals surface area contributed by atoms with Crippen LogP contribution in [0.4, 0.5) is 0 Å². The number of carbonyl (C=O) groups excluding carboxylic acids is 1. The maximum Gasteiger partial charge on any atom is 0.224 e. The van der Waals surface area contributed by atoms with Crippen molar-refractivity contribution < 1.29 is 4.79 Å². The molecule has 0 fully saturated rings. The van der Waals surface area contributed by atoms with Crippen LogP contribution in [-0.2, 0) is 17.8 Å². The summed E-state index contributed by atoms with van der Waals surface area (Å²) in [7, 11) is 0. The van der Waals surface area contributed by atoms with Gasteiger partial charge in [0.05, 0.1) is 18.7 Å². The summed E-state index contributed by atoms with van der Waals surface area (Å²) in [6.45, 7) is 2.50. The zero-order valence-corrected chi connectivity index (χ0v) is 15.3. The van der Waals surface area contributed by atoms with Gasteiger partial charge in [-0.1, -0.05) is 48.5 Å². The summed E-state index contributed by atoms with van der Waals surface area (Å²) >= 11 is 1.63. The van der Waals surface area contributed by atoms with Crippen molar-refractivity contribution in [3.05, 3.63) is 76.9 Å². The molecular formula is C21H19N3OS. The van der Waals surface area contributed by atoms with Crippen molar-refractivity contribution in [3.8, 4) is 10.6 Å². The molecule has 4 rings (SSSR count). The van der Waals surface area contributed by atoms with Crippen LogP contribution in [0.1, 0.15) is 16.1 Å². The predicted molar refractivity (Wildman–Crippen MR) is 106 cm³/mol. The van der Waals surface area contributed by atoms with Crippen molar-refractivity contribution in [1.29, 1.82) is 0 Å². The number of nitrogens with one attached hydrogen (secondary N) is 2. The molecule has 0 bridgehead atoms. The second-order valence-electron chi connectivity index (χ2n) is 6.21. The highest BCUT2D eigenvalue weighted by atomic mass is 32.1. The molecule has 0 radical (unpaired) electrons. The van der Waals surface area contributed by atoms with Gasteiger partial charge in [-0.05, 0) is 18.6 Å². The average Bonchev–Trinajstić information content (AvgIpc) is 3.25. The highest BCUT2D eigenvalue weighted by Gasteiger charge is 2.12. The first kappa shape index (κ1) is 16.5. The van der Waals surface area contributed by atoms with Crippen LogP contribution >= 0.6 is 11.3 Å². The van der Waals surface area contributed by atoms with Gasteiger partial charge in [-0.2, -0.15) is 0 Å². The smallest absolute Gasteiger partial charge is 0.224 e. The van der Waals surface area contributed by atoms with E-state index in [1.807, 2.05) is 55.6 Å². The molecule has 0 aliphatic rings. The number of para-hydroxylation sites is 1.